The largest absolute Gasteiger partial charge is 0.348 e. The number of benzene rings is 1. The van der Waals surface area contributed by atoms with E-state index in [1.54, 1.807) is 35.6 Å². The topological polar surface area (TPSA) is 50.3 Å². The molecule has 6 heteroatoms. The van der Waals surface area contributed by atoms with E-state index in [9.17, 15) is 8.42 Å². The highest BCUT2D eigenvalue weighted by atomic mass is 32.2. The Morgan fingerprint density at radius 1 is 1.32 bits per heavy atom. The zero-order valence-electron chi connectivity index (χ0n) is 12.6. The molecule has 1 fully saturated rings. The van der Waals surface area contributed by atoms with Crippen LogP contribution in [0.1, 0.15) is 25.5 Å². The van der Waals surface area contributed by atoms with Crippen molar-refractivity contribution in [3.8, 4) is 0 Å². The first kappa shape index (κ1) is 15.5. The fourth-order valence-corrected chi connectivity index (χ4v) is 5.02. The van der Waals surface area contributed by atoms with Gasteiger partial charge in [-0.3, -0.25) is 0 Å². The molecule has 0 unspecified atom stereocenters. The van der Waals surface area contributed by atoms with Crippen LogP contribution in [0.4, 0.5) is 5.13 Å². The summed E-state index contributed by atoms with van der Waals surface area (Å²) in [5, 5.41) is 2.82. The van der Waals surface area contributed by atoms with Gasteiger partial charge in [0.2, 0.25) is 0 Å². The van der Waals surface area contributed by atoms with Crippen LogP contribution >= 0.6 is 11.3 Å². The van der Waals surface area contributed by atoms with Crippen molar-refractivity contribution in [2.75, 3.05) is 18.0 Å². The smallest absolute Gasteiger partial charge is 0.185 e. The number of aromatic nitrogens is 1. The zero-order chi connectivity index (χ0) is 15.6. The van der Waals surface area contributed by atoms with E-state index in [1.165, 1.54) is 12.8 Å². The van der Waals surface area contributed by atoms with Crippen molar-refractivity contribution < 1.29 is 8.42 Å². The molecule has 0 radical (unpaired) electrons. The first-order valence-corrected chi connectivity index (χ1v) is 10.0. The predicted molar refractivity (Wildman–Crippen MR) is 90.1 cm³/mol. The van der Waals surface area contributed by atoms with E-state index in [4.69, 9.17) is 0 Å². The third-order valence-corrected chi connectivity index (χ3v) is 6.52. The number of hydrogen-bond donors (Lipinski definition) is 0. The lowest BCUT2D eigenvalue weighted by molar-refractivity contribution is 0.446. The van der Waals surface area contributed by atoms with Gasteiger partial charge in [0.05, 0.1) is 16.3 Å². The molecule has 4 nitrogen and oxygen atoms in total. The van der Waals surface area contributed by atoms with Crippen molar-refractivity contribution in [2.45, 2.75) is 30.4 Å². The van der Waals surface area contributed by atoms with Crippen molar-refractivity contribution in [3.05, 3.63) is 41.4 Å². The van der Waals surface area contributed by atoms with Gasteiger partial charge in [0, 0.05) is 18.5 Å². The molecular formula is C16H20N2O2S2. The highest BCUT2D eigenvalue weighted by Gasteiger charge is 2.21. The molecule has 1 atom stereocenters. The molecule has 1 aromatic carbocycles. The molecule has 0 amide bonds. The van der Waals surface area contributed by atoms with E-state index < -0.39 is 9.84 Å². The fourth-order valence-electron chi connectivity index (χ4n) is 2.78. The molecule has 0 saturated carbocycles. The minimum atomic E-state index is -3.32. The van der Waals surface area contributed by atoms with Gasteiger partial charge in [0.15, 0.2) is 15.0 Å². The monoisotopic (exact) mass is 336 g/mol. The van der Waals surface area contributed by atoms with E-state index in [1.807, 2.05) is 11.4 Å². The van der Waals surface area contributed by atoms with Gasteiger partial charge in [-0.15, -0.1) is 11.3 Å². The Kier molecular flexibility index (Phi) is 4.49. The molecule has 2 aromatic rings. The molecule has 0 aliphatic carbocycles. The fraction of sp³-hybridized carbons (Fsp3) is 0.438. The number of hydrogen-bond acceptors (Lipinski definition) is 5. The van der Waals surface area contributed by atoms with E-state index in [0.29, 0.717) is 16.5 Å². The molecule has 1 aliphatic heterocycles. The molecule has 0 bridgehead atoms. The first-order chi connectivity index (χ1) is 10.5. The van der Waals surface area contributed by atoms with Gasteiger partial charge in [-0.05, 0) is 30.9 Å². The lowest BCUT2D eigenvalue weighted by Gasteiger charge is -2.30. The third-order valence-electron chi connectivity index (χ3n) is 3.91. The van der Waals surface area contributed by atoms with Crippen LogP contribution in [0, 0.1) is 5.92 Å². The van der Waals surface area contributed by atoms with Gasteiger partial charge in [-0.1, -0.05) is 25.1 Å². The van der Waals surface area contributed by atoms with Crippen LogP contribution < -0.4 is 4.90 Å². The van der Waals surface area contributed by atoms with Gasteiger partial charge in [-0.25, -0.2) is 13.4 Å². The van der Waals surface area contributed by atoms with Crippen molar-refractivity contribution in [1.29, 1.82) is 0 Å². The number of nitrogens with zero attached hydrogens (tertiary/aromatic N) is 2. The number of anilines is 1. The minimum absolute atomic E-state index is 0.0308. The van der Waals surface area contributed by atoms with Crippen molar-refractivity contribution in [3.63, 3.8) is 0 Å². The highest BCUT2D eigenvalue weighted by molar-refractivity contribution is 7.90. The van der Waals surface area contributed by atoms with Gasteiger partial charge in [-0.2, -0.15) is 0 Å². The van der Waals surface area contributed by atoms with Crippen LogP contribution in [0.3, 0.4) is 0 Å². The Balaban J connectivity index is 1.74. The summed E-state index contributed by atoms with van der Waals surface area (Å²) in [5.41, 5.74) is 0.641. The summed E-state index contributed by atoms with van der Waals surface area (Å²) < 4.78 is 24.8. The summed E-state index contributed by atoms with van der Waals surface area (Å²) >= 11 is 1.54. The van der Waals surface area contributed by atoms with Crippen LogP contribution in [-0.2, 0) is 15.6 Å². The molecular weight excluding hydrogens is 316 g/mol. The predicted octanol–water partition coefficient (Wildman–Crippen LogP) is 3.35. The summed E-state index contributed by atoms with van der Waals surface area (Å²) in [5.74, 6) is 0.644. The second-order valence-electron chi connectivity index (χ2n) is 5.89. The average Bonchev–Trinajstić information content (AvgIpc) is 2.96. The second kappa shape index (κ2) is 6.38. The van der Waals surface area contributed by atoms with Gasteiger partial charge >= 0.3 is 0 Å². The highest BCUT2D eigenvalue weighted by Crippen LogP contribution is 2.27. The maximum Gasteiger partial charge on any atom is 0.185 e. The Morgan fingerprint density at radius 2 is 2.09 bits per heavy atom. The molecule has 3 rings (SSSR count). The summed E-state index contributed by atoms with van der Waals surface area (Å²) in [6.45, 7) is 4.28. The lowest BCUT2D eigenvalue weighted by atomic mass is 10.0. The van der Waals surface area contributed by atoms with Crippen LogP contribution in [0.25, 0.3) is 0 Å². The van der Waals surface area contributed by atoms with Crippen LogP contribution in [0.5, 0.6) is 0 Å². The maximum absolute atomic E-state index is 12.4. The molecule has 1 aliphatic rings. The number of sulfone groups is 1. The number of rotatable bonds is 4. The molecule has 2 heterocycles. The number of piperidine rings is 1. The minimum Gasteiger partial charge on any atom is -0.348 e. The second-order valence-corrected chi connectivity index (χ2v) is 8.71. The first-order valence-electron chi connectivity index (χ1n) is 7.52. The Morgan fingerprint density at radius 3 is 2.82 bits per heavy atom. The van der Waals surface area contributed by atoms with E-state index in [-0.39, 0.29) is 5.75 Å². The molecule has 0 spiro atoms. The standard InChI is InChI=1S/C16H20N2O2S2/c1-13-6-5-9-18(10-13)16-17-14(11-21-16)12-22(19,20)15-7-3-2-4-8-15/h2-4,7-8,11,13H,5-6,9-10,12H2,1H3/t13-/m1/s1. The molecule has 0 N–H and O–H groups in total. The normalized spacial score (nSPS) is 19.3. The maximum atomic E-state index is 12.4. The van der Waals surface area contributed by atoms with Crippen LogP contribution in [0.2, 0.25) is 0 Å². The Hall–Kier alpha value is -1.40. The molecule has 22 heavy (non-hydrogen) atoms. The van der Waals surface area contributed by atoms with Crippen LogP contribution in [0.15, 0.2) is 40.6 Å². The van der Waals surface area contributed by atoms with Crippen molar-refractivity contribution in [2.24, 2.45) is 5.92 Å². The third kappa shape index (κ3) is 3.50. The Bertz CT molecular complexity index is 726. The lowest BCUT2D eigenvalue weighted by Crippen LogP contribution is -2.34. The molecule has 1 saturated heterocycles. The van der Waals surface area contributed by atoms with Gasteiger partial charge in [0.25, 0.3) is 0 Å². The SMILES string of the molecule is C[C@@H]1CCCN(c2nc(CS(=O)(=O)c3ccccc3)cs2)C1. The summed E-state index contributed by atoms with van der Waals surface area (Å²) in [4.78, 5) is 7.18. The molecule has 1 aromatic heterocycles. The van der Waals surface area contributed by atoms with Gasteiger partial charge in [0.1, 0.15) is 0 Å². The summed E-state index contributed by atoms with van der Waals surface area (Å²) in [7, 11) is -3.32. The Labute approximate surface area is 135 Å². The van der Waals surface area contributed by atoms with Gasteiger partial charge < -0.3 is 4.90 Å². The number of thiazole rings is 1. The van der Waals surface area contributed by atoms with E-state index >= 15 is 0 Å². The summed E-state index contributed by atoms with van der Waals surface area (Å²) in [6, 6.07) is 8.57. The van der Waals surface area contributed by atoms with E-state index in [0.717, 1.165) is 18.2 Å². The van der Waals surface area contributed by atoms with Crippen LogP contribution in [-0.4, -0.2) is 26.5 Å². The van der Waals surface area contributed by atoms with E-state index in [2.05, 4.69) is 16.8 Å². The zero-order valence-corrected chi connectivity index (χ0v) is 14.2. The molecule has 118 valence electrons. The van der Waals surface area contributed by atoms with Crippen molar-refractivity contribution in [1.82, 2.24) is 4.98 Å². The average molecular weight is 336 g/mol. The quantitative estimate of drug-likeness (QED) is 0.859. The van der Waals surface area contributed by atoms with Crippen molar-refractivity contribution >= 4 is 26.3 Å². The summed E-state index contributed by atoms with van der Waals surface area (Å²) in [6.07, 6.45) is 2.44.